The molecule has 2 nitrogen and oxygen atoms in total. The Kier molecular flexibility index (Phi) is 3.84. The first kappa shape index (κ1) is 11.4. The summed E-state index contributed by atoms with van der Waals surface area (Å²) in [5.41, 5.74) is 1.01. The Balaban J connectivity index is 0.000000980. The zero-order chi connectivity index (χ0) is 9.26. The Labute approximate surface area is 87.6 Å². The molecule has 0 saturated carbocycles. The molecule has 0 amide bonds. The smallest absolute Gasteiger partial charge is 0.155 e. The summed E-state index contributed by atoms with van der Waals surface area (Å²) in [6.45, 7) is 1.97. The second kappa shape index (κ2) is 4.71. The maximum absolute atomic E-state index is 9.39. The predicted molar refractivity (Wildman–Crippen MR) is 59.4 cm³/mol. The van der Waals surface area contributed by atoms with Gasteiger partial charge in [-0.1, -0.05) is 0 Å². The quantitative estimate of drug-likeness (QED) is 0.726. The molecule has 1 aliphatic heterocycles. The van der Waals surface area contributed by atoms with Gasteiger partial charge in [-0.3, -0.25) is 0 Å². The number of phenolic OH excluding ortho intramolecular Hbond substituents is 1. The minimum atomic E-state index is 0. The van der Waals surface area contributed by atoms with Crippen molar-refractivity contribution in [2.24, 2.45) is 0 Å². The second-order valence-electron chi connectivity index (χ2n) is 3.56. The van der Waals surface area contributed by atoms with Crippen LogP contribution in [-0.4, -0.2) is 22.1 Å². The van der Waals surface area contributed by atoms with Crippen molar-refractivity contribution >= 4 is 10.9 Å². The van der Waals surface area contributed by atoms with Crippen LogP contribution in [0.4, 0.5) is 0 Å². The molecule has 1 heterocycles. The second-order valence-corrected chi connectivity index (χ2v) is 5.83. The number of benzene rings is 1. The molecule has 3 heteroatoms. The number of hydrogen-bond acceptors (Lipinski definition) is 2. The van der Waals surface area contributed by atoms with E-state index in [1.165, 1.54) is 29.2 Å². The fourth-order valence-corrected chi connectivity index (χ4v) is 4.08. The van der Waals surface area contributed by atoms with Crippen LogP contribution in [0.5, 0.6) is 5.75 Å². The Bertz CT molecular complexity index is 306. The van der Waals surface area contributed by atoms with Crippen molar-refractivity contribution < 1.29 is 10.6 Å². The normalized spacial score (nSPS) is 16.6. The first-order valence-electron chi connectivity index (χ1n) is 4.74. The minimum Gasteiger partial charge on any atom is -0.870 e. The van der Waals surface area contributed by atoms with Crippen molar-refractivity contribution in [2.45, 2.75) is 24.7 Å². The van der Waals surface area contributed by atoms with Crippen LogP contribution in [0, 0.1) is 6.92 Å². The molecule has 14 heavy (non-hydrogen) atoms. The van der Waals surface area contributed by atoms with Gasteiger partial charge in [0.15, 0.2) is 4.90 Å². The van der Waals surface area contributed by atoms with Gasteiger partial charge in [0.1, 0.15) is 17.3 Å². The molecule has 0 unspecified atom stereocenters. The van der Waals surface area contributed by atoms with Crippen molar-refractivity contribution in [1.82, 2.24) is 0 Å². The number of phenols is 1. The summed E-state index contributed by atoms with van der Waals surface area (Å²) >= 11 is 0. The van der Waals surface area contributed by atoms with Gasteiger partial charge in [-0.15, -0.1) is 0 Å². The van der Waals surface area contributed by atoms with Crippen molar-refractivity contribution in [2.75, 3.05) is 11.5 Å². The van der Waals surface area contributed by atoms with Crippen LogP contribution in [0.1, 0.15) is 18.4 Å². The third-order valence-electron chi connectivity index (χ3n) is 2.53. The lowest BCUT2D eigenvalue weighted by Crippen LogP contribution is -2.03. The predicted octanol–water partition coefficient (Wildman–Crippen LogP) is 2.29. The first-order valence-corrected chi connectivity index (χ1v) is 6.31. The Hall–Kier alpha value is -0.670. The molecular formula is C11H16O2S. The summed E-state index contributed by atoms with van der Waals surface area (Å²) in [6.07, 6.45) is 2.76. The maximum Gasteiger partial charge on any atom is 0.155 e. The van der Waals surface area contributed by atoms with E-state index in [0.29, 0.717) is 16.6 Å². The Morgan fingerprint density at radius 1 is 1.21 bits per heavy atom. The molecular weight excluding hydrogens is 196 g/mol. The highest BCUT2D eigenvalue weighted by atomic mass is 32.2. The van der Waals surface area contributed by atoms with Gasteiger partial charge in [0, 0.05) is 10.9 Å². The van der Waals surface area contributed by atoms with Crippen LogP contribution in [0.15, 0.2) is 23.1 Å². The summed E-state index contributed by atoms with van der Waals surface area (Å²) in [5, 5.41) is 9.39. The molecule has 2 N–H and O–H groups in total. The van der Waals surface area contributed by atoms with Gasteiger partial charge in [0.05, 0.1) is 0 Å². The fourth-order valence-electron chi connectivity index (χ4n) is 1.70. The topological polar surface area (TPSA) is 50.2 Å². The molecule has 0 spiro atoms. The van der Waals surface area contributed by atoms with E-state index in [1.54, 1.807) is 0 Å². The molecule has 0 radical (unpaired) electrons. The summed E-state index contributed by atoms with van der Waals surface area (Å²) < 4.78 is 0. The highest BCUT2D eigenvalue weighted by Gasteiger charge is 2.26. The van der Waals surface area contributed by atoms with Crippen LogP contribution in [0.3, 0.4) is 0 Å². The highest BCUT2D eigenvalue weighted by molar-refractivity contribution is 7.97. The molecule has 1 fully saturated rings. The zero-order valence-electron chi connectivity index (χ0n) is 8.36. The van der Waals surface area contributed by atoms with Crippen LogP contribution in [0.2, 0.25) is 0 Å². The fraction of sp³-hybridized carbons (Fsp3) is 0.455. The molecule has 0 atom stereocenters. The van der Waals surface area contributed by atoms with E-state index in [0.717, 1.165) is 5.56 Å². The molecule has 2 rings (SSSR count). The molecule has 78 valence electrons. The maximum atomic E-state index is 9.39. The summed E-state index contributed by atoms with van der Waals surface area (Å²) in [5.74, 6) is 3.13. The molecule has 1 aromatic carbocycles. The third kappa shape index (κ3) is 2.22. The highest BCUT2D eigenvalue weighted by Crippen LogP contribution is 2.26. The SMILES string of the molecule is Cc1cc([S+]2CCCC2)ccc1O.[OH-]. The van der Waals surface area contributed by atoms with Crippen LogP contribution >= 0.6 is 0 Å². The van der Waals surface area contributed by atoms with E-state index in [4.69, 9.17) is 0 Å². The van der Waals surface area contributed by atoms with Crippen molar-refractivity contribution in [3.63, 3.8) is 0 Å². The lowest BCUT2D eigenvalue weighted by molar-refractivity contribution is 0.470. The third-order valence-corrected chi connectivity index (χ3v) is 5.02. The Morgan fingerprint density at radius 3 is 2.43 bits per heavy atom. The monoisotopic (exact) mass is 212 g/mol. The molecule has 1 aromatic rings. The van der Waals surface area contributed by atoms with Gasteiger partial charge in [-0.2, -0.15) is 0 Å². The standard InChI is InChI=1S/C11H14OS.H2O/c1-9-8-10(4-5-11(9)12)13-6-2-3-7-13;/h4-5,8H,2-3,6-7H2,1H3;1H2. The number of rotatable bonds is 1. The number of aromatic hydroxyl groups is 1. The summed E-state index contributed by atoms with van der Waals surface area (Å²) in [4.78, 5) is 1.44. The summed E-state index contributed by atoms with van der Waals surface area (Å²) in [7, 11) is 0.480. The van der Waals surface area contributed by atoms with E-state index in [2.05, 4.69) is 12.1 Å². The number of hydrogen-bond donors (Lipinski definition) is 1. The van der Waals surface area contributed by atoms with Gasteiger partial charge >= 0.3 is 0 Å². The molecule has 0 aliphatic carbocycles. The Morgan fingerprint density at radius 2 is 1.86 bits per heavy atom. The molecule has 0 bridgehead atoms. The van der Waals surface area contributed by atoms with Gasteiger partial charge < -0.3 is 10.6 Å². The van der Waals surface area contributed by atoms with E-state index < -0.39 is 0 Å². The largest absolute Gasteiger partial charge is 0.870 e. The molecule has 0 aromatic heterocycles. The van der Waals surface area contributed by atoms with Crippen LogP contribution in [-0.2, 0) is 10.9 Å². The summed E-state index contributed by atoms with van der Waals surface area (Å²) in [6, 6.07) is 6.05. The van der Waals surface area contributed by atoms with E-state index in [-0.39, 0.29) is 5.48 Å². The molecule has 1 saturated heterocycles. The molecule has 1 aliphatic rings. The van der Waals surface area contributed by atoms with E-state index in [1.807, 2.05) is 13.0 Å². The van der Waals surface area contributed by atoms with Gasteiger partial charge in [-0.25, -0.2) is 0 Å². The van der Waals surface area contributed by atoms with Gasteiger partial charge in [0.25, 0.3) is 0 Å². The van der Waals surface area contributed by atoms with Crippen molar-refractivity contribution in [3.05, 3.63) is 23.8 Å². The zero-order valence-corrected chi connectivity index (χ0v) is 9.18. The van der Waals surface area contributed by atoms with E-state index >= 15 is 0 Å². The minimum absolute atomic E-state index is 0. The lowest BCUT2D eigenvalue weighted by atomic mass is 10.2. The average Bonchev–Trinajstić information content (AvgIpc) is 2.62. The van der Waals surface area contributed by atoms with Crippen molar-refractivity contribution in [3.8, 4) is 5.75 Å². The van der Waals surface area contributed by atoms with E-state index in [9.17, 15) is 5.11 Å². The van der Waals surface area contributed by atoms with Crippen LogP contribution in [0.25, 0.3) is 0 Å². The first-order chi connectivity index (χ1) is 6.27. The average molecular weight is 212 g/mol. The van der Waals surface area contributed by atoms with Gasteiger partial charge in [-0.05, 0) is 43.5 Å². The van der Waals surface area contributed by atoms with Gasteiger partial charge in [0.2, 0.25) is 0 Å². The van der Waals surface area contributed by atoms with Crippen molar-refractivity contribution in [1.29, 1.82) is 0 Å². The lowest BCUT2D eigenvalue weighted by Gasteiger charge is -2.02. The van der Waals surface area contributed by atoms with Crippen LogP contribution < -0.4 is 0 Å². The number of aryl methyl sites for hydroxylation is 1.